The summed E-state index contributed by atoms with van der Waals surface area (Å²) in [5, 5.41) is 3.07. The van der Waals surface area contributed by atoms with E-state index in [1.54, 1.807) is 0 Å². The van der Waals surface area contributed by atoms with Gasteiger partial charge in [-0.2, -0.15) is 0 Å². The number of hydrogen-bond donors (Lipinski definition) is 2. The van der Waals surface area contributed by atoms with Crippen LogP contribution in [0, 0.1) is 0 Å². The molecule has 1 heterocycles. The van der Waals surface area contributed by atoms with E-state index in [2.05, 4.69) is 34.5 Å². The molecule has 1 aromatic carbocycles. The van der Waals surface area contributed by atoms with Crippen LogP contribution in [-0.2, 0) is 17.9 Å². The number of benzene rings is 1. The van der Waals surface area contributed by atoms with Crippen molar-refractivity contribution in [2.75, 3.05) is 19.6 Å². The second-order valence-electron chi connectivity index (χ2n) is 6.48. The summed E-state index contributed by atoms with van der Waals surface area (Å²) in [6.45, 7) is 4.80. The number of rotatable bonds is 10. The van der Waals surface area contributed by atoms with Crippen molar-refractivity contribution < 1.29 is 4.79 Å². The average molecular weight is 317 g/mol. The lowest BCUT2D eigenvalue weighted by Crippen LogP contribution is -2.24. The molecule has 0 aliphatic carbocycles. The van der Waals surface area contributed by atoms with E-state index in [1.807, 2.05) is 0 Å². The predicted molar refractivity (Wildman–Crippen MR) is 94.9 cm³/mol. The van der Waals surface area contributed by atoms with E-state index in [-0.39, 0.29) is 5.91 Å². The van der Waals surface area contributed by atoms with Crippen molar-refractivity contribution in [1.29, 1.82) is 0 Å². The highest BCUT2D eigenvalue weighted by Gasteiger charge is 2.13. The molecule has 4 heteroatoms. The minimum absolute atomic E-state index is 0.161. The zero-order valence-electron chi connectivity index (χ0n) is 14.2. The third kappa shape index (κ3) is 6.71. The first-order chi connectivity index (χ1) is 11.3. The van der Waals surface area contributed by atoms with E-state index in [4.69, 9.17) is 5.73 Å². The first-order valence-electron chi connectivity index (χ1n) is 9.05. The van der Waals surface area contributed by atoms with Crippen molar-refractivity contribution in [1.82, 2.24) is 10.2 Å². The lowest BCUT2D eigenvalue weighted by Gasteiger charge is -2.17. The van der Waals surface area contributed by atoms with Crippen LogP contribution in [0.1, 0.15) is 56.1 Å². The highest BCUT2D eigenvalue weighted by atomic mass is 16.1. The molecule has 128 valence electrons. The molecule has 0 bridgehead atoms. The molecule has 1 amide bonds. The average Bonchev–Trinajstić information content (AvgIpc) is 3.07. The van der Waals surface area contributed by atoms with Gasteiger partial charge in [-0.15, -0.1) is 0 Å². The minimum Gasteiger partial charge on any atom is -0.352 e. The Hall–Kier alpha value is -1.39. The fourth-order valence-electron chi connectivity index (χ4n) is 3.13. The smallest absolute Gasteiger partial charge is 0.220 e. The number of nitrogens with zero attached hydrogens (tertiary/aromatic N) is 1. The molecule has 1 aliphatic rings. The lowest BCUT2D eigenvalue weighted by molar-refractivity contribution is -0.121. The fraction of sp³-hybridized carbons (Fsp3) is 0.632. The molecule has 3 N–H and O–H groups in total. The van der Waals surface area contributed by atoms with Gasteiger partial charge in [0.1, 0.15) is 0 Å². The monoisotopic (exact) mass is 317 g/mol. The Balaban J connectivity index is 1.73. The Kier molecular flexibility index (Phi) is 8.12. The molecule has 0 aromatic heterocycles. The van der Waals surface area contributed by atoms with Crippen LogP contribution >= 0.6 is 0 Å². The maximum Gasteiger partial charge on any atom is 0.220 e. The van der Waals surface area contributed by atoms with Gasteiger partial charge in [-0.25, -0.2) is 0 Å². The summed E-state index contributed by atoms with van der Waals surface area (Å²) in [4.78, 5) is 14.5. The third-order valence-electron chi connectivity index (χ3n) is 4.54. The van der Waals surface area contributed by atoms with Crippen molar-refractivity contribution in [2.24, 2.45) is 5.73 Å². The van der Waals surface area contributed by atoms with Crippen LogP contribution in [0.3, 0.4) is 0 Å². The van der Waals surface area contributed by atoms with Crippen LogP contribution in [0.5, 0.6) is 0 Å². The highest BCUT2D eigenvalue weighted by Crippen LogP contribution is 2.16. The molecule has 2 rings (SSSR count). The number of amides is 1. The maximum atomic E-state index is 12.0. The molecule has 1 aromatic rings. The molecule has 0 radical (unpaired) electrons. The Morgan fingerprint density at radius 1 is 1.04 bits per heavy atom. The SMILES string of the molecule is NCCCCCCC(=O)NCc1ccccc1CN1CCCC1. The van der Waals surface area contributed by atoms with Crippen molar-refractivity contribution in [3.05, 3.63) is 35.4 Å². The molecular formula is C19H31N3O. The maximum absolute atomic E-state index is 12.0. The van der Waals surface area contributed by atoms with Gasteiger partial charge in [0, 0.05) is 19.5 Å². The molecule has 4 nitrogen and oxygen atoms in total. The van der Waals surface area contributed by atoms with E-state index in [0.29, 0.717) is 13.0 Å². The molecule has 23 heavy (non-hydrogen) atoms. The zero-order valence-corrected chi connectivity index (χ0v) is 14.2. The number of nitrogens with one attached hydrogen (secondary N) is 1. The minimum atomic E-state index is 0.161. The molecule has 1 fully saturated rings. The molecule has 0 saturated carbocycles. The number of nitrogens with two attached hydrogens (primary N) is 1. The zero-order chi connectivity index (χ0) is 16.3. The predicted octanol–water partition coefficient (Wildman–Crippen LogP) is 2.81. The van der Waals surface area contributed by atoms with Gasteiger partial charge in [0.05, 0.1) is 0 Å². The molecule has 0 unspecified atom stereocenters. The summed E-state index contributed by atoms with van der Waals surface area (Å²) < 4.78 is 0. The molecular weight excluding hydrogens is 286 g/mol. The van der Waals surface area contributed by atoms with E-state index < -0.39 is 0 Å². The molecule has 1 saturated heterocycles. The topological polar surface area (TPSA) is 58.4 Å². The summed E-state index contributed by atoms with van der Waals surface area (Å²) in [5.41, 5.74) is 8.06. The van der Waals surface area contributed by atoms with Crippen LogP contribution in [0.25, 0.3) is 0 Å². The Morgan fingerprint density at radius 2 is 1.74 bits per heavy atom. The van der Waals surface area contributed by atoms with Crippen molar-refractivity contribution >= 4 is 5.91 Å². The quantitative estimate of drug-likeness (QED) is 0.652. The normalized spacial score (nSPS) is 15.0. The first kappa shape index (κ1) is 18.0. The van der Waals surface area contributed by atoms with Crippen molar-refractivity contribution in [3.8, 4) is 0 Å². The van der Waals surface area contributed by atoms with Gasteiger partial charge in [-0.05, 0) is 56.4 Å². The van der Waals surface area contributed by atoms with Gasteiger partial charge >= 0.3 is 0 Å². The van der Waals surface area contributed by atoms with Crippen LogP contribution in [0.4, 0.5) is 0 Å². The summed E-state index contributed by atoms with van der Waals surface area (Å²) in [6, 6.07) is 8.47. The summed E-state index contributed by atoms with van der Waals surface area (Å²) >= 11 is 0. The van der Waals surface area contributed by atoms with Crippen molar-refractivity contribution in [3.63, 3.8) is 0 Å². The summed E-state index contributed by atoms with van der Waals surface area (Å²) in [7, 11) is 0. The van der Waals surface area contributed by atoms with E-state index >= 15 is 0 Å². The lowest BCUT2D eigenvalue weighted by atomic mass is 10.1. The van der Waals surface area contributed by atoms with Crippen LogP contribution in [0.15, 0.2) is 24.3 Å². The van der Waals surface area contributed by atoms with Gasteiger partial charge in [-0.1, -0.05) is 37.1 Å². The second kappa shape index (κ2) is 10.4. The summed E-state index contributed by atoms with van der Waals surface area (Å²) in [6.07, 6.45) is 7.48. The Labute approximate surface area is 140 Å². The molecule has 0 atom stereocenters. The van der Waals surface area contributed by atoms with Crippen LogP contribution in [-0.4, -0.2) is 30.4 Å². The summed E-state index contributed by atoms with van der Waals surface area (Å²) in [5.74, 6) is 0.161. The van der Waals surface area contributed by atoms with E-state index in [0.717, 1.165) is 38.8 Å². The van der Waals surface area contributed by atoms with E-state index in [9.17, 15) is 4.79 Å². The Bertz CT molecular complexity index is 469. The van der Waals surface area contributed by atoms with Gasteiger partial charge in [0.2, 0.25) is 5.91 Å². The Morgan fingerprint density at radius 3 is 2.48 bits per heavy atom. The van der Waals surface area contributed by atoms with Crippen LogP contribution < -0.4 is 11.1 Å². The second-order valence-corrected chi connectivity index (χ2v) is 6.48. The van der Waals surface area contributed by atoms with Crippen molar-refractivity contribution in [2.45, 2.75) is 58.0 Å². The number of hydrogen-bond acceptors (Lipinski definition) is 3. The van der Waals surface area contributed by atoms with E-state index in [1.165, 1.54) is 37.1 Å². The largest absolute Gasteiger partial charge is 0.352 e. The number of unbranched alkanes of at least 4 members (excludes halogenated alkanes) is 3. The standard InChI is InChI=1S/C19H31N3O/c20-12-6-2-1-3-11-19(23)21-15-17-9-4-5-10-18(17)16-22-13-7-8-14-22/h4-5,9-10H,1-3,6-8,11-16,20H2,(H,21,23). The molecule has 1 aliphatic heterocycles. The van der Waals surface area contributed by atoms with Gasteiger partial charge in [0.15, 0.2) is 0 Å². The number of likely N-dealkylation sites (tertiary alicyclic amines) is 1. The van der Waals surface area contributed by atoms with Gasteiger partial charge < -0.3 is 11.1 Å². The molecule has 0 spiro atoms. The number of carbonyl (C=O) groups is 1. The number of carbonyl (C=O) groups excluding carboxylic acids is 1. The fourth-order valence-corrected chi connectivity index (χ4v) is 3.13. The van der Waals surface area contributed by atoms with Crippen LogP contribution in [0.2, 0.25) is 0 Å². The first-order valence-corrected chi connectivity index (χ1v) is 9.05. The third-order valence-corrected chi connectivity index (χ3v) is 4.54. The highest BCUT2D eigenvalue weighted by molar-refractivity contribution is 5.75. The van der Waals surface area contributed by atoms with Gasteiger partial charge in [-0.3, -0.25) is 9.69 Å². The van der Waals surface area contributed by atoms with Gasteiger partial charge in [0.25, 0.3) is 0 Å².